The first-order valence-corrected chi connectivity index (χ1v) is 24.5. The molecular weight excluding hydrogens is 1060 g/mol. The fourth-order valence-electron chi connectivity index (χ4n) is 8.26. The van der Waals surface area contributed by atoms with Crippen LogP contribution in [0.15, 0.2) is 77.3 Å². The molecule has 3 saturated heterocycles. The van der Waals surface area contributed by atoms with E-state index >= 15 is 0 Å². The molecule has 2 aromatic heterocycles. The number of benzene rings is 4. The van der Waals surface area contributed by atoms with Crippen LogP contribution in [0.3, 0.4) is 0 Å². The summed E-state index contributed by atoms with van der Waals surface area (Å²) in [5.74, 6) is 0.601. The predicted molar refractivity (Wildman–Crippen MR) is 265 cm³/mol. The molecule has 72 heavy (non-hydrogen) atoms. The number of hydrogen-bond acceptors (Lipinski definition) is 13. The van der Waals surface area contributed by atoms with Crippen molar-refractivity contribution < 1.29 is 61.0 Å². The van der Waals surface area contributed by atoms with E-state index in [4.69, 9.17) is 42.5 Å². The molecule has 2 amide bonds. The Morgan fingerprint density at radius 3 is 1.56 bits per heavy atom. The van der Waals surface area contributed by atoms with Crippen LogP contribution in [0.4, 0.5) is 34.6 Å². The molecule has 0 bridgehead atoms. The zero-order chi connectivity index (χ0) is 51.3. The number of nitrogens with zero attached hydrogens (tertiary/aromatic N) is 5. The van der Waals surface area contributed by atoms with E-state index in [2.05, 4.69) is 60.5 Å². The van der Waals surface area contributed by atoms with Crippen molar-refractivity contribution in [1.29, 1.82) is 0 Å². The average Bonchev–Trinajstić information content (AvgIpc) is 4.09. The molecule has 0 aliphatic carbocycles. The molecule has 6 aromatic rings. The fourth-order valence-corrected chi connectivity index (χ4v) is 9.08. The highest BCUT2D eigenvalue weighted by molar-refractivity contribution is 9.10. The molecular formula is C48H51BrCl2F4N8O9. The molecule has 4 aromatic carbocycles. The van der Waals surface area contributed by atoms with Crippen molar-refractivity contribution in [3.8, 4) is 11.5 Å². The molecule has 5 N–H and O–H groups in total. The third kappa shape index (κ3) is 13.5. The molecule has 0 saturated carbocycles. The van der Waals surface area contributed by atoms with Crippen LogP contribution in [-0.2, 0) is 27.4 Å². The van der Waals surface area contributed by atoms with Crippen molar-refractivity contribution in [2.75, 3.05) is 68.1 Å². The molecule has 2 atom stereocenters. The maximum atomic E-state index is 13.0. The van der Waals surface area contributed by atoms with E-state index in [1.165, 1.54) is 61.4 Å². The Morgan fingerprint density at radius 1 is 0.708 bits per heavy atom. The molecule has 0 radical (unpaired) electrons. The predicted octanol–water partition coefficient (Wildman–Crippen LogP) is 8.79. The highest BCUT2D eigenvalue weighted by Crippen LogP contribution is 2.37. The summed E-state index contributed by atoms with van der Waals surface area (Å²) in [4.78, 5) is 37.0. The van der Waals surface area contributed by atoms with Crippen molar-refractivity contribution in [3.63, 3.8) is 0 Å². The van der Waals surface area contributed by atoms with Gasteiger partial charge in [-0.2, -0.15) is 0 Å². The number of carbonyl (C=O) groups is 2. The van der Waals surface area contributed by atoms with Crippen LogP contribution in [-0.4, -0.2) is 117 Å². The van der Waals surface area contributed by atoms with E-state index in [9.17, 15) is 32.3 Å². The topological polar surface area (TPSA) is 196 Å². The summed E-state index contributed by atoms with van der Waals surface area (Å²) in [6, 6.07) is 18.1. The zero-order valence-electron chi connectivity index (χ0n) is 38.9. The van der Waals surface area contributed by atoms with Gasteiger partial charge in [0.25, 0.3) is 11.8 Å². The van der Waals surface area contributed by atoms with Crippen molar-refractivity contribution in [1.82, 2.24) is 24.4 Å². The van der Waals surface area contributed by atoms with Gasteiger partial charge in [0, 0.05) is 89.6 Å². The molecule has 7 heterocycles. The van der Waals surface area contributed by atoms with Gasteiger partial charge in [-0.15, -0.1) is 17.6 Å². The zero-order valence-corrected chi connectivity index (χ0v) is 42.0. The van der Waals surface area contributed by atoms with Gasteiger partial charge in [-0.1, -0.05) is 0 Å². The average molecular weight is 1110 g/mol. The van der Waals surface area contributed by atoms with Gasteiger partial charge < -0.3 is 63.9 Å². The van der Waals surface area contributed by atoms with Crippen LogP contribution in [0, 0.1) is 0 Å². The molecule has 17 nitrogen and oxygen atoms in total. The van der Waals surface area contributed by atoms with E-state index in [1.54, 1.807) is 24.3 Å². The Labute approximate surface area is 428 Å². The highest BCUT2D eigenvalue weighted by atomic mass is 79.9. The van der Waals surface area contributed by atoms with E-state index in [0.717, 1.165) is 59.1 Å². The van der Waals surface area contributed by atoms with Gasteiger partial charge in [0.2, 0.25) is 0 Å². The number of ether oxygens (including phenoxy) is 5. The second-order valence-electron chi connectivity index (χ2n) is 17.5. The summed E-state index contributed by atoms with van der Waals surface area (Å²) >= 11 is 13.1. The Hall–Kier alpha value is -5.30. The smallest absolute Gasteiger partial charge is 0.420 e. The minimum absolute atomic E-state index is 0.0463. The third-order valence-electron chi connectivity index (χ3n) is 11.7. The molecule has 0 spiro atoms. The monoisotopic (exact) mass is 1110 g/mol. The summed E-state index contributed by atoms with van der Waals surface area (Å²) in [5, 5.41) is 26.6. The normalized spacial score (nSPS) is 18.7. The van der Waals surface area contributed by atoms with E-state index in [1.807, 2.05) is 18.7 Å². The van der Waals surface area contributed by atoms with Gasteiger partial charge in [-0.05, 0) is 115 Å². The maximum Gasteiger partial charge on any atom is 0.487 e. The van der Waals surface area contributed by atoms with Crippen LogP contribution in [0.25, 0.3) is 22.1 Å². The fraction of sp³-hybridized carbons (Fsp3) is 0.417. The third-order valence-corrected chi connectivity index (χ3v) is 12.5. The number of β-amino-alcohol motifs (C(OH)–C–C–N with tert-alkyl or cyclic N) is 2. The number of imidazole rings is 2. The number of carbonyl (C=O) groups excluding carboxylic acids is 2. The van der Waals surface area contributed by atoms with Gasteiger partial charge in [-0.3, -0.25) is 9.59 Å². The number of alkyl halides is 6. The molecule has 5 aliphatic heterocycles. The summed E-state index contributed by atoms with van der Waals surface area (Å²) in [6.45, 7) is 10.6. The van der Waals surface area contributed by atoms with Crippen LogP contribution in [0.2, 0.25) is 0 Å². The lowest BCUT2D eigenvalue weighted by molar-refractivity contribution is -0.0972. The van der Waals surface area contributed by atoms with E-state index < -0.39 is 17.2 Å². The van der Waals surface area contributed by atoms with Crippen LogP contribution in [0.1, 0.15) is 71.1 Å². The first-order valence-electron chi connectivity index (χ1n) is 22.9. The standard InChI is InChI=1S/C22H21ClF2N4O4.C19H15BrClF2N3O3.C4H8O.C3H7NO/c1-12-10-32-11-19-27-17-6-13(7-18(20(17)29(12)19)28-8-15(30)9-28)21(31)26-14-2-4-16(5-3-14)33-22(23,24)25;1-10-8-28-9-16-25-15-7-11(6-14(20)17(15)26(10)16)18(27)24-12-2-4-13(5-3-12)29-19(21,22)23;1-2-4-5-3-1;5-3-1-4-2-3/h2-7,12,15,30H,8-11H2,1H3,(H,26,31);2-7,10H,8-9H2,1H3,(H,24,27);1-4H2;3-5H,1-2H2/t12-;10-;;/m11../s1. The van der Waals surface area contributed by atoms with Crippen LogP contribution in [0.5, 0.6) is 11.5 Å². The van der Waals surface area contributed by atoms with Gasteiger partial charge in [0.1, 0.15) is 36.4 Å². The lowest BCUT2D eigenvalue weighted by Gasteiger charge is -2.39. The Balaban J connectivity index is 0.000000162. The number of aliphatic hydroxyl groups excluding tert-OH is 2. The van der Waals surface area contributed by atoms with Crippen molar-refractivity contribution in [3.05, 3.63) is 100 Å². The molecule has 3 fully saturated rings. The molecule has 11 rings (SSSR count). The van der Waals surface area contributed by atoms with E-state index in [0.29, 0.717) is 73.1 Å². The van der Waals surface area contributed by atoms with Crippen LogP contribution < -0.4 is 30.3 Å². The first-order chi connectivity index (χ1) is 34.3. The van der Waals surface area contributed by atoms with Gasteiger partial charge in [0.15, 0.2) is 0 Å². The number of amides is 2. The number of anilines is 3. The summed E-state index contributed by atoms with van der Waals surface area (Å²) < 4.78 is 80.5. The van der Waals surface area contributed by atoms with Crippen molar-refractivity contribution in [2.24, 2.45) is 0 Å². The lowest BCUT2D eigenvalue weighted by Crippen LogP contribution is -2.51. The second kappa shape index (κ2) is 22.9. The number of fused-ring (bicyclic) bond motifs is 6. The number of aliphatic hydroxyl groups is 2. The minimum atomic E-state index is -3.81. The van der Waals surface area contributed by atoms with E-state index in [-0.39, 0.29) is 41.5 Å². The quantitative estimate of drug-likeness (QED) is 0.0682. The molecule has 0 unspecified atom stereocenters. The Bertz CT molecular complexity index is 2850. The molecule has 24 heteroatoms. The maximum absolute atomic E-state index is 13.0. The number of aromatic nitrogens is 4. The largest absolute Gasteiger partial charge is 0.487 e. The highest BCUT2D eigenvalue weighted by Gasteiger charge is 2.32. The Morgan fingerprint density at radius 2 is 1.15 bits per heavy atom. The lowest BCUT2D eigenvalue weighted by atomic mass is 10.1. The van der Waals surface area contributed by atoms with Gasteiger partial charge >= 0.3 is 11.1 Å². The number of rotatable bonds is 9. The SMILES string of the molecule is C1CCOC1.C[C@@H]1COCc2nc3cc(C(=O)Nc4ccc(OC(F)(F)Cl)cc4)cc(Br)c3n21.C[C@@H]1COCc2nc3cc(C(=O)Nc4ccc(OC(F)(F)Cl)cc4)cc(N4CC(O)C4)c3n21.OC1CNC1. The summed E-state index contributed by atoms with van der Waals surface area (Å²) in [6.07, 6.45) is 2.10. The molecule has 5 aliphatic rings. The number of halogens is 7. The van der Waals surface area contributed by atoms with Gasteiger partial charge in [-0.25, -0.2) is 9.97 Å². The molecule has 386 valence electrons. The van der Waals surface area contributed by atoms with Crippen molar-refractivity contribution in [2.45, 2.75) is 75.3 Å². The summed E-state index contributed by atoms with van der Waals surface area (Å²) in [5.41, 5.74) is -2.00. The number of hydrogen-bond donors (Lipinski definition) is 5. The first kappa shape index (κ1) is 53.0. The second-order valence-corrected chi connectivity index (χ2v) is 19.2. The number of nitrogens with one attached hydrogen (secondary N) is 3. The summed E-state index contributed by atoms with van der Waals surface area (Å²) in [7, 11) is 0. The minimum Gasteiger partial charge on any atom is -0.420 e. The Kier molecular flexibility index (Phi) is 16.8. The van der Waals surface area contributed by atoms with Crippen molar-refractivity contribution >= 4 is 90.1 Å². The van der Waals surface area contributed by atoms with Crippen LogP contribution >= 0.6 is 39.1 Å². The van der Waals surface area contributed by atoms with Gasteiger partial charge in [0.05, 0.1) is 65.3 Å².